The molecule has 3 rings (SSSR count). The molecule has 1 aromatic carbocycles. The van der Waals surface area contributed by atoms with Crippen LogP contribution < -0.4 is 0 Å². The number of hydrogen-bond acceptors (Lipinski definition) is 1. The quantitative estimate of drug-likeness (QED) is 0.728. The van der Waals surface area contributed by atoms with Crippen LogP contribution in [0.4, 0.5) is 0 Å². The second kappa shape index (κ2) is 6.03. The Balaban J connectivity index is 1.92. The van der Waals surface area contributed by atoms with Crippen LogP contribution in [0.3, 0.4) is 0 Å². The second-order valence-corrected chi connectivity index (χ2v) is 12.8. The number of nitrogens with zero attached hydrogens (tertiary/aromatic N) is 1. The Bertz CT molecular complexity index is 573. The Morgan fingerprint density at radius 1 is 1.14 bits per heavy atom. The highest BCUT2D eigenvalue weighted by molar-refractivity contribution is 6.81. The fourth-order valence-corrected chi connectivity index (χ4v) is 5.44. The number of piperidine rings is 2. The molecule has 2 heterocycles. The molecule has 22 heavy (non-hydrogen) atoms. The van der Waals surface area contributed by atoms with Gasteiger partial charge in [-0.3, -0.25) is 4.79 Å². The van der Waals surface area contributed by atoms with Gasteiger partial charge in [-0.1, -0.05) is 49.1 Å². The van der Waals surface area contributed by atoms with Crippen molar-refractivity contribution in [2.75, 3.05) is 0 Å². The average molecular weight is 314 g/mol. The molecule has 2 bridgehead atoms. The molecule has 0 aromatic heterocycles. The van der Waals surface area contributed by atoms with E-state index in [4.69, 9.17) is 0 Å². The Morgan fingerprint density at radius 2 is 1.86 bits per heavy atom. The zero-order valence-corrected chi connectivity index (χ0v) is 15.0. The number of carbonyl (C=O) groups excluding carboxylic acids is 1. The second-order valence-electron chi connectivity index (χ2n) is 7.80. The first-order valence-corrected chi connectivity index (χ1v) is 12.1. The van der Waals surface area contributed by atoms with E-state index in [-0.39, 0.29) is 5.91 Å². The van der Waals surface area contributed by atoms with Gasteiger partial charge in [-0.05, 0) is 44.2 Å². The van der Waals surface area contributed by atoms with Gasteiger partial charge >= 0.3 is 0 Å². The number of rotatable bonds is 2. The predicted molar refractivity (Wildman–Crippen MR) is 94.7 cm³/mol. The molecule has 2 aliphatic heterocycles. The van der Waals surface area contributed by atoms with Gasteiger partial charge in [-0.2, -0.15) is 0 Å². The summed E-state index contributed by atoms with van der Waals surface area (Å²) in [5.74, 6) is 0.233. The van der Waals surface area contributed by atoms with Crippen molar-refractivity contribution in [1.82, 2.24) is 4.90 Å². The summed E-state index contributed by atoms with van der Waals surface area (Å²) in [6.45, 7) is 7.16. The van der Waals surface area contributed by atoms with Crippen molar-refractivity contribution in [1.29, 1.82) is 0 Å². The van der Waals surface area contributed by atoms with Crippen LogP contribution in [0.15, 0.2) is 41.6 Å². The first-order chi connectivity index (χ1) is 10.5. The van der Waals surface area contributed by atoms with Crippen molar-refractivity contribution < 1.29 is 4.79 Å². The number of benzene rings is 1. The van der Waals surface area contributed by atoms with E-state index in [0.717, 1.165) is 18.4 Å². The molecule has 1 amide bonds. The maximum absolute atomic E-state index is 13.0. The van der Waals surface area contributed by atoms with Gasteiger partial charge < -0.3 is 4.90 Å². The molecule has 118 valence electrons. The van der Waals surface area contributed by atoms with Crippen molar-refractivity contribution in [2.45, 2.75) is 63.8 Å². The van der Waals surface area contributed by atoms with Crippen LogP contribution in [0.2, 0.25) is 19.6 Å². The zero-order chi connectivity index (χ0) is 15.7. The molecule has 2 saturated heterocycles. The Hall–Kier alpha value is -1.35. The first-order valence-electron chi connectivity index (χ1n) is 8.55. The number of amides is 1. The molecule has 0 aliphatic carbocycles. The zero-order valence-electron chi connectivity index (χ0n) is 14.0. The lowest BCUT2D eigenvalue weighted by atomic mass is 9.81. The third kappa shape index (κ3) is 3.19. The summed E-state index contributed by atoms with van der Waals surface area (Å²) in [5.41, 5.74) is 4.93. The Kier molecular flexibility index (Phi) is 4.26. The van der Waals surface area contributed by atoms with Gasteiger partial charge in [0.25, 0.3) is 5.91 Å². The number of hydrogen-bond donors (Lipinski definition) is 0. The fourth-order valence-electron chi connectivity index (χ4n) is 3.99. The molecule has 0 radical (unpaired) electrons. The summed E-state index contributed by atoms with van der Waals surface area (Å²) in [6, 6.07) is 10.6. The van der Waals surface area contributed by atoms with E-state index < -0.39 is 8.07 Å². The normalized spacial score (nSPS) is 27.0. The van der Waals surface area contributed by atoms with E-state index in [0.29, 0.717) is 12.1 Å². The lowest BCUT2D eigenvalue weighted by molar-refractivity contribution is 0.0419. The highest BCUT2D eigenvalue weighted by Crippen LogP contribution is 2.38. The molecular weight excluding hydrogens is 286 g/mol. The maximum atomic E-state index is 13.0. The smallest absolute Gasteiger partial charge is 0.254 e. The van der Waals surface area contributed by atoms with E-state index in [1.54, 1.807) is 5.57 Å². The number of fused-ring (bicyclic) bond motifs is 2. The minimum atomic E-state index is -1.24. The summed E-state index contributed by atoms with van der Waals surface area (Å²) in [6.07, 6.45) is 5.92. The van der Waals surface area contributed by atoms with E-state index >= 15 is 0 Å². The topological polar surface area (TPSA) is 20.3 Å². The minimum absolute atomic E-state index is 0.233. The predicted octanol–water partition coefficient (Wildman–Crippen LogP) is 4.65. The SMILES string of the molecule is C[Si](C)(C)/C=C1/CC[C@H]2CCC[C@@H]1N2C(=O)c1ccccc1. The molecule has 0 N–H and O–H groups in total. The molecule has 0 spiro atoms. The molecule has 0 saturated carbocycles. The molecule has 2 atom stereocenters. The number of carbonyl (C=O) groups is 1. The molecule has 2 aliphatic rings. The first kappa shape index (κ1) is 15.5. The van der Waals surface area contributed by atoms with Crippen LogP contribution in [-0.4, -0.2) is 31.0 Å². The van der Waals surface area contributed by atoms with E-state index in [2.05, 4.69) is 30.2 Å². The lowest BCUT2D eigenvalue weighted by Crippen LogP contribution is -2.54. The lowest BCUT2D eigenvalue weighted by Gasteiger charge is -2.48. The highest BCUT2D eigenvalue weighted by Gasteiger charge is 2.40. The van der Waals surface area contributed by atoms with E-state index in [1.165, 1.54) is 19.3 Å². The van der Waals surface area contributed by atoms with Gasteiger partial charge in [0.1, 0.15) is 0 Å². The van der Waals surface area contributed by atoms with Crippen molar-refractivity contribution in [3.8, 4) is 0 Å². The van der Waals surface area contributed by atoms with E-state index in [1.807, 2.05) is 30.3 Å². The average Bonchev–Trinajstić information content (AvgIpc) is 2.49. The van der Waals surface area contributed by atoms with Gasteiger partial charge in [-0.25, -0.2) is 0 Å². The van der Waals surface area contributed by atoms with Gasteiger partial charge in [0.05, 0.1) is 14.1 Å². The summed E-state index contributed by atoms with van der Waals surface area (Å²) in [5, 5.41) is 0. The van der Waals surface area contributed by atoms with Crippen LogP contribution in [0.1, 0.15) is 42.5 Å². The molecule has 2 fully saturated rings. The van der Waals surface area contributed by atoms with Crippen LogP contribution in [0.25, 0.3) is 0 Å². The van der Waals surface area contributed by atoms with Crippen LogP contribution in [0, 0.1) is 0 Å². The van der Waals surface area contributed by atoms with Gasteiger partial charge in [-0.15, -0.1) is 0 Å². The van der Waals surface area contributed by atoms with Gasteiger partial charge in [0.2, 0.25) is 0 Å². The summed E-state index contributed by atoms with van der Waals surface area (Å²) < 4.78 is 0. The molecule has 2 nitrogen and oxygen atoms in total. The van der Waals surface area contributed by atoms with Gasteiger partial charge in [0.15, 0.2) is 0 Å². The van der Waals surface area contributed by atoms with Crippen molar-refractivity contribution in [2.24, 2.45) is 0 Å². The highest BCUT2D eigenvalue weighted by atomic mass is 28.3. The van der Waals surface area contributed by atoms with E-state index in [9.17, 15) is 4.79 Å². The standard InChI is InChI=1S/C19H27NOSi/c1-22(2,3)14-16-12-13-17-10-7-11-18(16)20(17)19(21)15-8-5-4-6-9-15/h4-6,8-9,14,17-18H,7,10-13H2,1-3H3/b16-14-/t17-,18+/m1/s1. The largest absolute Gasteiger partial charge is 0.329 e. The van der Waals surface area contributed by atoms with Gasteiger partial charge in [0, 0.05) is 11.6 Å². The summed E-state index contributed by atoms with van der Waals surface area (Å²) in [4.78, 5) is 15.3. The van der Waals surface area contributed by atoms with Crippen molar-refractivity contribution >= 4 is 14.0 Å². The third-order valence-corrected chi connectivity index (χ3v) is 6.05. The fraction of sp³-hybridized carbons (Fsp3) is 0.526. The monoisotopic (exact) mass is 313 g/mol. The molecule has 0 unspecified atom stereocenters. The Morgan fingerprint density at radius 3 is 2.55 bits per heavy atom. The van der Waals surface area contributed by atoms with Crippen molar-refractivity contribution in [3.63, 3.8) is 0 Å². The third-order valence-electron chi connectivity index (χ3n) is 4.81. The van der Waals surface area contributed by atoms with Crippen molar-refractivity contribution in [3.05, 3.63) is 47.2 Å². The van der Waals surface area contributed by atoms with Crippen LogP contribution in [-0.2, 0) is 0 Å². The summed E-state index contributed by atoms with van der Waals surface area (Å²) in [7, 11) is -1.24. The Labute approximate surface area is 135 Å². The van der Waals surface area contributed by atoms with Crippen LogP contribution >= 0.6 is 0 Å². The molecular formula is C19H27NOSi. The molecule has 1 aromatic rings. The minimum Gasteiger partial charge on any atom is -0.329 e. The van der Waals surface area contributed by atoms with Crippen LogP contribution in [0.5, 0.6) is 0 Å². The maximum Gasteiger partial charge on any atom is 0.254 e. The molecule has 3 heteroatoms. The summed E-state index contributed by atoms with van der Waals surface area (Å²) >= 11 is 0.